The summed E-state index contributed by atoms with van der Waals surface area (Å²) < 4.78 is 5.39. The number of ether oxygens (including phenoxy) is 1. The van der Waals surface area contributed by atoms with Gasteiger partial charge in [0.25, 0.3) is 5.91 Å². The molecule has 0 saturated carbocycles. The smallest absolute Gasteiger partial charge is 0.251 e. The molecule has 1 aromatic heterocycles. The summed E-state index contributed by atoms with van der Waals surface area (Å²) in [4.78, 5) is 17.2. The molecular formula is C23H25N3O3. The Morgan fingerprint density at radius 3 is 2.76 bits per heavy atom. The van der Waals surface area contributed by atoms with E-state index in [1.807, 2.05) is 49.4 Å². The van der Waals surface area contributed by atoms with Gasteiger partial charge in [-0.3, -0.25) is 4.79 Å². The molecule has 1 fully saturated rings. The number of pyridine rings is 1. The van der Waals surface area contributed by atoms with E-state index in [0.29, 0.717) is 12.2 Å². The van der Waals surface area contributed by atoms with Gasteiger partial charge in [-0.15, -0.1) is 0 Å². The molecule has 0 bridgehead atoms. The van der Waals surface area contributed by atoms with Crippen molar-refractivity contribution in [3.8, 4) is 0 Å². The van der Waals surface area contributed by atoms with Crippen LogP contribution in [0, 0.1) is 6.92 Å². The molecule has 150 valence electrons. The number of nitrogens with zero attached hydrogens (tertiary/aromatic N) is 1. The maximum atomic E-state index is 12.8. The average molecular weight is 391 g/mol. The number of rotatable bonds is 6. The molecule has 29 heavy (non-hydrogen) atoms. The molecule has 0 radical (unpaired) electrons. The van der Waals surface area contributed by atoms with E-state index in [4.69, 9.17) is 4.74 Å². The molecule has 2 atom stereocenters. The molecule has 2 aromatic carbocycles. The number of benzene rings is 2. The molecule has 6 nitrogen and oxygen atoms in total. The molecule has 3 N–H and O–H groups in total. The summed E-state index contributed by atoms with van der Waals surface area (Å²) in [7, 11) is 0. The van der Waals surface area contributed by atoms with Gasteiger partial charge < -0.3 is 20.5 Å². The van der Waals surface area contributed by atoms with E-state index in [9.17, 15) is 9.90 Å². The SMILES string of the molecule is Cc1ccc([C@@H](CO)NC(=O)c2ccc3cnc(NC4CCOC4)cc3c2)cc1. The Morgan fingerprint density at radius 2 is 2.03 bits per heavy atom. The number of hydrogen-bond donors (Lipinski definition) is 3. The fourth-order valence-electron chi connectivity index (χ4n) is 3.49. The molecule has 1 saturated heterocycles. The summed E-state index contributed by atoms with van der Waals surface area (Å²) in [6.07, 6.45) is 2.77. The number of aryl methyl sites for hydroxylation is 1. The first-order valence-electron chi connectivity index (χ1n) is 9.85. The van der Waals surface area contributed by atoms with Crippen LogP contribution in [0.3, 0.4) is 0 Å². The molecular weight excluding hydrogens is 366 g/mol. The number of hydrogen-bond acceptors (Lipinski definition) is 5. The Balaban J connectivity index is 1.52. The first kappa shape index (κ1) is 19.4. The minimum absolute atomic E-state index is 0.163. The maximum Gasteiger partial charge on any atom is 0.251 e. The maximum absolute atomic E-state index is 12.8. The van der Waals surface area contributed by atoms with Gasteiger partial charge in [0.15, 0.2) is 0 Å². The fraction of sp³-hybridized carbons (Fsp3) is 0.304. The second-order valence-electron chi connectivity index (χ2n) is 7.46. The number of carbonyl (C=O) groups is 1. The summed E-state index contributed by atoms with van der Waals surface area (Å²) in [5.74, 6) is 0.556. The minimum atomic E-state index is -0.448. The zero-order valence-electron chi connectivity index (χ0n) is 16.4. The zero-order valence-corrected chi connectivity index (χ0v) is 16.4. The summed E-state index contributed by atoms with van der Waals surface area (Å²) in [6.45, 7) is 3.29. The van der Waals surface area contributed by atoms with E-state index >= 15 is 0 Å². The highest BCUT2D eigenvalue weighted by molar-refractivity contribution is 5.99. The standard InChI is InChI=1S/C23H25N3O3/c1-15-2-4-16(5-3-15)21(13-27)26-23(28)17-6-7-18-12-24-22(11-19(18)10-17)25-20-8-9-29-14-20/h2-7,10-12,20-21,27H,8-9,13-14H2,1H3,(H,24,25)(H,26,28)/t20?,21-/m1/s1. The molecule has 6 heteroatoms. The highest BCUT2D eigenvalue weighted by Crippen LogP contribution is 2.21. The first-order valence-corrected chi connectivity index (χ1v) is 9.85. The number of nitrogens with one attached hydrogen (secondary N) is 2. The van der Waals surface area contributed by atoms with Crippen molar-refractivity contribution in [2.24, 2.45) is 0 Å². The van der Waals surface area contributed by atoms with Crippen LogP contribution < -0.4 is 10.6 Å². The van der Waals surface area contributed by atoms with Crippen LogP contribution in [0.25, 0.3) is 10.8 Å². The van der Waals surface area contributed by atoms with Gasteiger partial charge in [0.2, 0.25) is 0 Å². The molecule has 1 aliphatic heterocycles. The fourth-order valence-corrected chi connectivity index (χ4v) is 3.49. The lowest BCUT2D eigenvalue weighted by molar-refractivity contribution is 0.0916. The van der Waals surface area contributed by atoms with Gasteiger partial charge in [0.05, 0.1) is 25.3 Å². The number of anilines is 1. The number of amides is 1. The van der Waals surface area contributed by atoms with Gasteiger partial charge in [0.1, 0.15) is 5.82 Å². The number of carbonyl (C=O) groups excluding carboxylic acids is 1. The Labute approximate surface area is 169 Å². The van der Waals surface area contributed by atoms with Gasteiger partial charge >= 0.3 is 0 Å². The first-order chi connectivity index (χ1) is 14.1. The Hall–Kier alpha value is -2.96. The van der Waals surface area contributed by atoms with Crippen molar-refractivity contribution in [2.45, 2.75) is 25.4 Å². The monoisotopic (exact) mass is 391 g/mol. The molecule has 1 amide bonds. The molecule has 0 aliphatic carbocycles. The van der Waals surface area contributed by atoms with Crippen molar-refractivity contribution in [2.75, 3.05) is 25.1 Å². The third-order valence-corrected chi connectivity index (χ3v) is 5.23. The van der Waals surface area contributed by atoms with Crippen LogP contribution in [0.4, 0.5) is 5.82 Å². The van der Waals surface area contributed by atoms with Crippen LogP contribution in [-0.2, 0) is 4.74 Å². The predicted octanol–water partition coefficient (Wildman–Crippen LogP) is 3.21. The zero-order chi connectivity index (χ0) is 20.2. The van der Waals surface area contributed by atoms with E-state index in [1.165, 1.54) is 0 Å². The van der Waals surface area contributed by atoms with Gasteiger partial charge in [-0.1, -0.05) is 35.9 Å². The summed E-state index contributed by atoms with van der Waals surface area (Å²) in [5.41, 5.74) is 2.56. The summed E-state index contributed by atoms with van der Waals surface area (Å²) >= 11 is 0. The van der Waals surface area contributed by atoms with Crippen LogP contribution in [0.15, 0.2) is 54.7 Å². The molecule has 2 heterocycles. The lowest BCUT2D eigenvalue weighted by Gasteiger charge is -2.17. The topological polar surface area (TPSA) is 83.5 Å². The lowest BCUT2D eigenvalue weighted by atomic mass is 10.0. The molecule has 0 spiro atoms. The number of aliphatic hydroxyl groups is 1. The second-order valence-corrected chi connectivity index (χ2v) is 7.46. The highest BCUT2D eigenvalue weighted by Gasteiger charge is 2.17. The highest BCUT2D eigenvalue weighted by atomic mass is 16.5. The summed E-state index contributed by atoms with van der Waals surface area (Å²) in [6, 6.07) is 15.1. The molecule has 1 aliphatic rings. The van der Waals surface area contributed by atoms with Gasteiger partial charge in [0, 0.05) is 23.8 Å². The quantitative estimate of drug-likeness (QED) is 0.601. The van der Waals surface area contributed by atoms with E-state index in [1.54, 1.807) is 12.3 Å². The van der Waals surface area contributed by atoms with Crippen molar-refractivity contribution >= 4 is 22.5 Å². The van der Waals surface area contributed by atoms with E-state index < -0.39 is 6.04 Å². The van der Waals surface area contributed by atoms with Crippen molar-refractivity contribution in [1.82, 2.24) is 10.3 Å². The minimum Gasteiger partial charge on any atom is -0.394 e. The van der Waals surface area contributed by atoms with Gasteiger partial charge in [-0.05, 0) is 42.5 Å². The Bertz CT molecular complexity index is 998. The van der Waals surface area contributed by atoms with Crippen molar-refractivity contribution < 1.29 is 14.6 Å². The number of aliphatic hydroxyl groups excluding tert-OH is 1. The Morgan fingerprint density at radius 1 is 1.21 bits per heavy atom. The number of aromatic nitrogens is 1. The summed E-state index contributed by atoms with van der Waals surface area (Å²) in [5, 5.41) is 17.9. The second kappa shape index (κ2) is 8.59. The third kappa shape index (κ3) is 4.55. The van der Waals surface area contributed by atoms with E-state index in [0.717, 1.165) is 40.7 Å². The average Bonchev–Trinajstić information content (AvgIpc) is 3.25. The third-order valence-electron chi connectivity index (χ3n) is 5.23. The van der Waals surface area contributed by atoms with E-state index in [-0.39, 0.29) is 18.6 Å². The molecule has 1 unspecified atom stereocenters. The largest absolute Gasteiger partial charge is 0.394 e. The molecule has 3 aromatic rings. The lowest BCUT2D eigenvalue weighted by Crippen LogP contribution is -2.30. The van der Waals surface area contributed by atoms with Crippen molar-refractivity contribution in [3.05, 3.63) is 71.4 Å². The van der Waals surface area contributed by atoms with Crippen LogP contribution in [0.1, 0.15) is 33.9 Å². The van der Waals surface area contributed by atoms with Crippen LogP contribution >= 0.6 is 0 Å². The van der Waals surface area contributed by atoms with Crippen LogP contribution in [0.2, 0.25) is 0 Å². The van der Waals surface area contributed by atoms with Crippen molar-refractivity contribution in [1.29, 1.82) is 0 Å². The molecule has 4 rings (SSSR count). The van der Waals surface area contributed by atoms with Gasteiger partial charge in [-0.2, -0.15) is 0 Å². The van der Waals surface area contributed by atoms with E-state index in [2.05, 4.69) is 15.6 Å². The van der Waals surface area contributed by atoms with Crippen LogP contribution in [0.5, 0.6) is 0 Å². The normalized spacial score (nSPS) is 17.2. The van der Waals surface area contributed by atoms with Crippen LogP contribution in [-0.4, -0.2) is 41.9 Å². The number of fused-ring (bicyclic) bond motifs is 1. The van der Waals surface area contributed by atoms with Crippen molar-refractivity contribution in [3.63, 3.8) is 0 Å². The van der Waals surface area contributed by atoms with Gasteiger partial charge in [-0.25, -0.2) is 4.98 Å². The Kier molecular flexibility index (Phi) is 5.74. The predicted molar refractivity (Wildman–Crippen MR) is 113 cm³/mol.